The zero-order valence-corrected chi connectivity index (χ0v) is 10.1. The molecule has 1 nitrogen and oxygen atoms in total. The van der Waals surface area contributed by atoms with Gasteiger partial charge in [0.2, 0.25) is 0 Å². The Hall–Kier alpha value is -2.07. The molecule has 17 heavy (non-hydrogen) atoms. The fraction of sp³-hybridized carbons (Fsp3) is 0.188. The molecular formula is C16H15N. The first-order chi connectivity index (χ1) is 8.20. The number of aryl methyl sites for hydroxylation is 1. The molecule has 0 aliphatic rings. The lowest BCUT2D eigenvalue weighted by atomic mass is 9.92. The Morgan fingerprint density at radius 2 is 1.35 bits per heavy atom. The van der Waals surface area contributed by atoms with E-state index in [4.69, 9.17) is 5.26 Å². The quantitative estimate of drug-likeness (QED) is 0.751. The summed E-state index contributed by atoms with van der Waals surface area (Å²) in [6.07, 6.45) is 0. The summed E-state index contributed by atoms with van der Waals surface area (Å²) in [4.78, 5) is 0. The SMILES string of the molecule is Cc1ccc([C@@H](C)c2ccc(C#N)cc2)cc1. The molecule has 0 aliphatic heterocycles. The number of hydrogen-bond donors (Lipinski definition) is 0. The average Bonchev–Trinajstić information content (AvgIpc) is 2.39. The lowest BCUT2D eigenvalue weighted by molar-refractivity contribution is 0.921. The second-order valence-electron chi connectivity index (χ2n) is 4.37. The minimum atomic E-state index is 0.364. The van der Waals surface area contributed by atoms with E-state index < -0.39 is 0 Å². The zero-order valence-electron chi connectivity index (χ0n) is 10.1. The van der Waals surface area contributed by atoms with E-state index in [9.17, 15) is 0 Å². The summed E-state index contributed by atoms with van der Waals surface area (Å²) < 4.78 is 0. The summed E-state index contributed by atoms with van der Waals surface area (Å²) in [5.74, 6) is 0.364. The maximum Gasteiger partial charge on any atom is 0.0991 e. The topological polar surface area (TPSA) is 23.8 Å². The van der Waals surface area contributed by atoms with Crippen LogP contribution < -0.4 is 0 Å². The van der Waals surface area contributed by atoms with E-state index in [1.54, 1.807) is 0 Å². The molecule has 1 heteroatoms. The fourth-order valence-corrected chi connectivity index (χ4v) is 1.89. The van der Waals surface area contributed by atoms with Gasteiger partial charge in [-0.05, 0) is 30.2 Å². The van der Waals surface area contributed by atoms with Crippen LogP contribution in [0.5, 0.6) is 0 Å². The summed E-state index contributed by atoms with van der Waals surface area (Å²) in [5, 5.41) is 8.76. The van der Waals surface area contributed by atoms with E-state index in [-0.39, 0.29) is 0 Å². The fourth-order valence-electron chi connectivity index (χ4n) is 1.89. The van der Waals surface area contributed by atoms with Crippen molar-refractivity contribution in [1.82, 2.24) is 0 Å². The largest absolute Gasteiger partial charge is 0.192 e. The molecule has 2 rings (SSSR count). The highest BCUT2D eigenvalue weighted by Gasteiger charge is 2.07. The smallest absolute Gasteiger partial charge is 0.0991 e. The van der Waals surface area contributed by atoms with Gasteiger partial charge >= 0.3 is 0 Å². The van der Waals surface area contributed by atoms with Crippen LogP contribution in [-0.4, -0.2) is 0 Å². The molecule has 0 heterocycles. The Balaban J connectivity index is 2.27. The lowest BCUT2D eigenvalue weighted by Crippen LogP contribution is -1.95. The molecular weight excluding hydrogens is 206 g/mol. The number of nitrogens with zero attached hydrogens (tertiary/aromatic N) is 1. The van der Waals surface area contributed by atoms with Crippen molar-refractivity contribution >= 4 is 0 Å². The van der Waals surface area contributed by atoms with Gasteiger partial charge in [0.1, 0.15) is 0 Å². The van der Waals surface area contributed by atoms with Gasteiger partial charge < -0.3 is 0 Å². The van der Waals surface area contributed by atoms with E-state index >= 15 is 0 Å². The first kappa shape index (κ1) is 11.4. The highest BCUT2D eigenvalue weighted by Crippen LogP contribution is 2.24. The summed E-state index contributed by atoms with van der Waals surface area (Å²) in [6.45, 7) is 4.28. The van der Waals surface area contributed by atoms with Gasteiger partial charge in [-0.1, -0.05) is 48.9 Å². The number of benzene rings is 2. The molecule has 0 saturated carbocycles. The van der Waals surface area contributed by atoms with Crippen molar-refractivity contribution in [1.29, 1.82) is 5.26 Å². The summed E-state index contributed by atoms with van der Waals surface area (Å²) in [7, 11) is 0. The molecule has 2 aromatic rings. The van der Waals surface area contributed by atoms with E-state index in [2.05, 4.69) is 44.2 Å². The summed E-state index contributed by atoms with van der Waals surface area (Å²) >= 11 is 0. The van der Waals surface area contributed by atoms with E-state index in [0.717, 1.165) is 0 Å². The molecule has 0 aliphatic carbocycles. The molecule has 84 valence electrons. The van der Waals surface area contributed by atoms with Crippen molar-refractivity contribution < 1.29 is 0 Å². The second kappa shape index (κ2) is 4.84. The van der Waals surface area contributed by atoms with Gasteiger partial charge in [0, 0.05) is 5.92 Å². The predicted octanol–water partition coefficient (Wildman–Crippen LogP) is 4.02. The van der Waals surface area contributed by atoms with Crippen molar-refractivity contribution in [3.8, 4) is 6.07 Å². The Kier molecular flexibility index (Phi) is 3.25. The third-order valence-corrected chi connectivity index (χ3v) is 3.12. The molecule has 0 radical (unpaired) electrons. The van der Waals surface area contributed by atoms with Crippen molar-refractivity contribution in [3.05, 3.63) is 70.8 Å². The Morgan fingerprint density at radius 1 is 0.882 bits per heavy atom. The van der Waals surface area contributed by atoms with Gasteiger partial charge in [-0.25, -0.2) is 0 Å². The minimum absolute atomic E-state index is 0.364. The third kappa shape index (κ3) is 2.54. The molecule has 0 unspecified atom stereocenters. The molecule has 0 aromatic heterocycles. The van der Waals surface area contributed by atoms with Crippen LogP contribution in [0.3, 0.4) is 0 Å². The standard InChI is InChI=1S/C16H15N/c1-12-3-7-15(8-4-12)13(2)16-9-5-14(11-17)6-10-16/h3-10,13H,1-2H3/t13-/m1/s1. The Bertz CT molecular complexity index is 529. The molecule has 1 atom stereocenters. The van der Waals surface area contributed by atoms with Crippen LogP contribution in [0.4, 0.5) is 0 Å². The molecule has 0 amide bonds. The van der Waals surface area contributed by atoms with Crippen LogP contribution in [0, 0.1) is 18.3 Å². The van der Waals surface area contributed by atoms with Crippen LogP contribution in [0.1, 0.15) is 35.1 Å². The van der Waals surface area contributed by atoms with E-state index in [1.807, 2.05) is 24.3 Å². The summed E-state index contributed by atoms with van der Waals surface area (Å²) in [6, 6.07) is 18.6. The molecule has 0 bridgehead atoms. The van der Waals surface area contributed by atoms with Gasteiger partial charge in [-0.3, -0.25) is 0 Å². The van der Waals surface area contributed by atoms with Crippen LogP contribution in [0.2, 0.25) is 0 Å². The second-order valence-corrected chi connectivity index (χ2v) is 4.37. The van der Waals surface area contributed by atoms with Crippen LogP contribution >= 0.6 is 0 Å². The molecule has 0 saturated heterocycles. The van der Waals surface area contributed by atoms with E-state index in [0.29, 0.717) is 11.5 Å². The normalized spacial score (nSPS) is 11.8. The number of hydrogen-bond acceptors (Lipinski definition) is 1. The average molecular weight is 221 g/mol. The Morgan fingerprint density at radius 3 is 1.82 bits per heavy atom. The van der Waals surface area contributed by atoms with Crippen molar-refractivity contribution in [2.45, 2.75) is 19.8 Å². The number of nitriles is 1. The zero-order chi connectivity index (χ0) is 12.3. The summed E-state index contributed by atoms with van der Waals surface area (Å²) in [5.41, 5.74) is 4.54. The first-order valence-corrected chi connectivity index (χ1v) is 5.77. The molecule has 0 fully saturated rings. The monoisotopic (exact) mass is 221 g/mol. The van der Waals surface area contributed by atoms with Gasteiger partial charge in [0.15, 0.2) is 0 Å². The Labute approximate surface area is 102 Å². The van der Waals surface area contributed by atoms with Gasteiger partial charge in [-0.15, -0.1) is 0 Å². The predicted molar refractivity (Wildman–Crippen MR) is 69.9 cm³/mol. The molecule has 2 aromatic carbocycles. The van der Waals surface area contributed by atoms with Gasteiger partial charge in [0.25, 0.3) is 0 Å². The minimum Gasteiger partial charge on any atom is -0.192 e. The molecule has 0 N–H and O–H groups in total. The number of rotatable bonds is 2. The van der Waals surface area contributed by atoms with Crippen molar-refractivity contribution in [3.63, 3.8) is 0 Å². The molecule has 0 spiro atoms. The highest BCUT2D eigenvalue weighted by atomic mass is 14.2. The lowest BCUT2D eigenvalue weighted by Gasteiger charge is -2.12. The van der Waals surface area contributed by atoms with Crippen LogP contribution in [-0.2, 0) is 0 Å². The third-order valence-electron chi connectivity index (χ3n) is 3.12. The van der Waals surface area contributed by atoms with Gasteiger partial charge in [0.05, 0.1) is 11.6 Å². The maximum atomic E-state index is 8.76. The van der Waals surface area contributed by atoms with Crippen LogP contribution in [0.25, 0.3) is 0 Å². The maximum absolute atomic E-state index is 8.76. The first-order valence-electron chi connectivity index (χ1n) is 5.77. The highest BCUT2D eigenvalue weighted by molar-refractivity contribution is 5.37. The van der Waals surface area contributed by atoms with Crippen LogP contribution in [0.15, 0.2) is 48.5 Å². The van der Waals surface area contributed by atoms with Crippen molar-refractivity contribution in [2.24, 2.45) is 0 Å². The van der Waals surface area contributed by atoms with Gasteiger partial charge in [-0.2, -0.15) is 5.26 Å². The van der Waals surface area contributed by atoms with E-state index in [1.165, 1.54) is 16.7 Å². The van der Waals surface area contributed by atoms with Crippen molar-refractivity contribution in [2.75, 3.05) is 0 Å².